The summed E-state index contributed by atoms with van der Waals surface area (Å²) in [6, 6.07) is 9.34. The summed E-state index contributed by atoms with van der Waals surface area (Å²) in [5.74, 6) is 0.452. The molecule has 2 aromatic carbocycles. The van der Waals surface area contributed by atoms with Gasteiger partial charge in [-0.05, 0) is 24.6 Å². The van der Waals surface area contributed by atoms with Gasteiger partial charge in [0.1, 0.15) is 18.1 Å². The Labute approximate surface area is 120 Å². The Morgan fingerprint density at radius 3 is 2.75 bits per heavy atom. The van der Waals surface area contributed by atoms with Crippen LogP contribution in [0.4, 0.5) is 5.69 Å². The summed E-state index contributed by atoms with van der Waals surface area (Å²) in [4.78, 5) is 10.4. The monoisotopic (exact) mass is 293 g/mol. The smallest absolute Gasteiger partial charge is 0.276 e. The van der Waals surface area contributed by atoms with E-state index in [1.54, 1.807) is 25.1 Å². The van der Waals surface area contributed by atoms with Gasteiger partial charge in [0.2, 0.25) is 0 Å². The van der Waals surface area contributed by atoms with E-state index in [0.717, 1.165) is 0 Å². The van der Waals surface area contributed by atoms with E-state index in [4.69, 9.17) is 16.3 Å². The molecule has 0 saturated carbocycles. The number of rotatable bonds is 4. The molecule has 0 atom stereocenters. The lowest BCUT2D eigenvalue weighted by atomic mass is 10.2. The van der Waals surface area contributed by atoms with Crippen LogP contribution in [0.5, 0.6) is 11.5 Å². The van der Waals surface area contributed by atoms with E-state index >= 15 is 0 Å². The van der Waals surface area contributed by atoms with Crippen molar-refractivity contribution >= 4 is 17.3 Å². The molecule has 0 aromatic heterocycles. The van der Waals surface area contributed by atoms with Crippen molar-refractivity contribution in [3.63, 3.8) is 0 Å². The van der Waals surface area contributed by atoms with Gasteiger partial charge in [-0.25, -0.2) is 0 Å². The number of aryl methyl sites for hydroxylation is 1. The maximum Gasteiger partial charge on any atom is 0.276 e. The van der Waals surface area contributed by atoms with Crippen LogP contribution in [-0.2, 0) is 6.61 Å². The quantitative estimate of drug-likeness (QED) is 0.686. The number of phenolic OH excluding ortho intramolecular Hbond substituents is 1. The molecule has 0 radical (unpaired) electrons. The second-order valence-corrected chi connectivity index (χ2v) is 4.65. The summed E-state index contributed by atoms with van der Waals surface area (Å²) >= 11 is 5.81. The molecule has 0 bridgehead atoms. The highest BCUT2D eigenvalue weighted by Crippen LogP contribution is 2.32. The van der Waals surface area contributed by atoms with E-state index in [1.165, 1.54) is 18.2 Å². The first-order chi connectivity index (χ1) is 9.49. The third kappa shape index (κ3) is 3.00. The molecular weight excluding hydrogens is 282 g/mol. The topological polar surface area (TPSA) is 72.6 Å². The SMILES string of the molecule is Cc1cc(O)c(Cl)cc1OCc1ccccc1[N+](=O)[O-]. The molecule has 0 heterocycles. The van der Waals surface area contributed by atoms with Crippen molar-refractivity contribution in [3.8, 4) is 11.5 Å². The Morgan fingerprint density at radius 1 is 1.35 bits per heavy atom. The molecule has 104 valence electrons. The minimum Gasteiger partial charge on any atom is -0.506 e. The molecular formula is C14H12ClNO4. The maximum absolute atomic E-state index is 10.9. The van der Waals surface area contributed by atoms with Crippen LogP contribution in [0.15, 0.2) is 36.4 Å². The van der Waals surface area contributed by atoms with Gasteiger partial charge in [0.15, 0.2) is 0 Å². The van der Waals surface area contributed by atoms with E-state index < -0.39 is 4.92 Å². The zero-order valence-corrected chi connectivity index (χ0v) is 11.4. The van der Waals surface area contributed by atoms with Gasteiger partial charge in [0.05, 0.1) is 15.5 Å². The van der Waals surface area contributed by atoms with E-state index in [2.05, 4.69) is 0 Å². The minimum atomic E-state index is -0.449. The number of halogens is 1. The number of nitro benzene ring substituents is 1. The van der Waals surface area contributed by atoms with E-state index in [0.29, 0.717) is 16.9 Å². The third-order valence-electron chi connectivity index (χ3n) is 2.82. The average molecular weight is 294 g/mol. The van der Waals surface area contributed by atoms with Crippen molar-refractivity contribution < 1.29 is 14.8 Å². The van der Waals surface area contributed by atoms with Crippen molar-refractivity contribution in [2.45, 2.75) is 13.5 Å². The van der Waals surface area contributed by atoms with Gasteiger partial charge in [0, 0.05) is 12.1 Å². The average Bonchev–Trinajstić information content (AvgIpc) is 2.41. The van der Waals surface area contributed by atoms with Crippen LogP contribution >= 0.6 is 11.6 Å². The van der Waals surface area contributed by atoms with Gasteiger partial charge in [-0.1, -0.05) is 23.7 Å². The second kappa shape index (κ2) is 5.79. The van der Waals surface area contributed by atoms with Gasteiger partial charge in [-0.2, -0.15) is 0 Å². The standard InChI is InChI=1S/C14H12ClNO4/c1-9-6-13(17)11(15)7-14(9)20-8-10-4-2-3-5-12(10)16(18)19/h2-7,17H,8H2,1H3. The number of aromatic hydroxyl groups is 1. The molecule has 2 aromatic rings. The molecule has 2 rings (SSSR count). The zero-order chi connectivity index (χ0) is 14.7. The predicted molar refractivity (Wildman–Crippen MR) is 75.3 cm³/mol. The summed E-state index contributed by atoms with van der Waals surface area (Å²) in [5, 5.41) is 20.5. The van der Waals surface area contributed by atoms with Crippen molar-refractivity contribution in [2.75, 3.05) is 0 Å². The first kappa shape index (κ1) is 14.1. The normalized spacial score (nSPS) is 10.3. The molecule has 0 saturated heterocycles. The van der Waals surface area contributed by atoms with Gasteiger partial charge < -0.3 is 9.84 Å². The highest BCUT2D eigenvalue weighted by atomic mass is 35.5. The predicted octanol–water partition coefficient (Wildman–Crippen LogP) is 3.84. The summed E-state index contributed by atoms with van der Waals surface area (Å²) in [7, 11) is 0. The number of hydrogen-bond acceptors (Lipinski definition) is 4. The lowest BCUT2D eigenvalue weighted by Crippen LogP contribution is -2.01. The largest absolute Gasteiger partial charge is 0.506 e. The molecule has 0 aliphatic heterocycles. The molecule has 1 N–H and O–H groups in total. The number of phenols is 1. The zero-order valence-electron chi connectivity index (χ0n) is 10.7. The number of para-hydroxylation sites is 1. The Balaban J connectivity index is 2.21. The van der Waals surface area contributed by atoms with E-state index in [9.17, 15) is 15.2 Å². The molecule has 0 aliphatic carbocycles. The lowest BCUT2D eigenvalue weighted by molar-refractivity contribution is -0.385. The van der Waals surface area contributed by atoms with Crippen LogP contribution in [0.3, 0.4) is 0 Å². The molecule has 20 heavy (non-hydrogen) atoms. The molecule has 0 spiro atoms. The Bertz CT molecular complexity index is 658. The number of hydrogen-bond donors (Lipinski definition) is 1. The number of ether oxygens (including phenoxy) is 1. The van der Waals surface area contributed by atoms with Gasteiger partial charge in [0.25, 0.3) is 5.69 Å². The fourth-order valence-corrected chi connectivity index (χ4v) is 1.92. The third-order valence-corrected chi connectivity index (χ3v) is 3.12. The summed E-state index contributed by atoms with van der Waals surface area (Å²) in [5.41, 5.74) is 1.18. The number of benzene rings is 2. The molecule has 0 unspecified atom stereocenters. The second-order valence-electron chi connectivity index (χ2n) is 4.24. The summed E-state index contributed by atoms with van der Waals surface area (Å²) < 4.78 is 5.55. The first-order valence-corrected chi connectivity index (χ1v) is 6.21. The van der Waals surface area contributed by atoms with Gasteiger partial charge in [-0.3, -0.25) is 10.1 Å². The molecule has 0 fully saturated rings. The van der Waals surface area contributed by atoms with Crippen molar-refractivity contribution in [3.05, 3.63) is 62.7 Å². The van der Waals surface area contributed by atoms with Gasteiger partial charge >= 0.3 is 0 Å². The Hall–Kier alpha value is -2.27. The first-order valence-electron chi connectivity index (χ1n) is 5.83. The summed E-state index contributed by atoms with van der Waals surface area (Å²) in [6.45, 7) is 1.81. The van der Waals surface area contributed by atoms with Crippen LogP contribution < -0.4 is 4.74 Å². The van der Waals surface area contributed by atoms with Crippen LogP contribution in [0.2, 0.25) is 5.02 Å². The van der Waals surface area contributed by atoms with Crippen molar-refractivity contribution in [2.24, 2.45) is 0 Å². The van der Waals surface area contributed by atoms with Crippen LogP contribution in [0.1, 0.15) is 11.1 Å². The maximum atomic E-state index is 10.9. The molecule has 0 amide bonds. The van der Waals surface area contributed by atoms with Crippen molar-refractivity contribution in [1.82, 2.24) is 0 Å². The fraction of sp³-hybridized carbons (Fsp3) is 0.143. The Kier molecular flexibility index (Phi) is 4.10. The van der Waals surface area contributed by atoms with Gasteiger partial charge in [-0.15, -0.1) is 0 Å². The highest BCUT2D eigenvalue weighted by Gasteiger charge is 2.13. The van der Waals surface area contributed by atoms with Crippen LogP contribution in [0.25, 0.3) is 0 Å². The highest BCUT2D eigenvalue weighted by molar-refractivity contribution is 6.32. The number of nitro groups is 1. The Morgan fingerprint density at radius 2 is 2.05 bits per heavy atom. The number of nitrogens with zero attached hydrogens (tertiary/aromatic N) is 1. The van der Waals surface area contributed by atoms with E-state index in [-0.39, 0.29) is 23.1 Å². The summed E-state index contributed by atoms with van der Waals surface area (Å²) in [6.07, 6.45) is 0. The molecule has 5 nitrogen and oxygen atoms in total. The lowest BCUT2D eigenvalue weighted by Gasteiger charge is -2.10. The fourth-order valence-electron chi connectivity index (χ4n) is 1.77. The van der Waals surface area contributed by atoms with E-state index in [1.807, 2.05) is 0 Å². The molecule has 0 aliphatic rings. The van der Waals surface area contributed by atoms with Crippen LogP contribution in [-0.4, -0.2) is 10.0 Å². The van der Waals surface area contributed by atoms with Crippen molar-refractivity contribution in [1.29, 1.82) is 0 Å². The minimum absolute atomic E-state index is 0.00929. The van der Waals surface area contributed by atoms with Crippen LogP contribution in [0, 0.1) is 17.0 Å². The molecule has 6 heteroatoms.